The molecule has 0 atom stereocenters. The Balaban J connectivity index is 0.000000354. The van der Waals surface area contributed by atoms with Gasteiger partial charge in [-0.2, -0.15) is 5.10 Å². The molecule has 7 nitrogen and oxygen atoms in total. The van der Waals surface area contributed by atoms with Gasteiger partial charge in [-0.25, -0.2) is 15.0 Å². The first-order valence-electron chi connectivity index (χ1n) is 21.0. The number of rotatable bonds is 1. The topological polar surface area (TPSA) is 81.2 Å². The number of aromatic nitrogens is 5. The van der Waals surface area contributed by atoms with E-state index >= 15 is 0 Å². The first-order valence-corrected chi connectivity index (χ1v) is 23.6. The standard InChI is InChI=1S/C9H15NS.C8H14N2.2C8H13NS.2C8H13N/c1-5-8-10-7(6-11-8)9(2,3)4;1-8(2,3)7-5-9-10(4)6-7;2*1-6-9-7(5-10-6)8(2,3)4;2*1-8(2,3)7-5-4-6-9-7/h6H,5H2,1-4H3;5-6H,1-4H3;2*5H,1-4H3;2*5-6H,4H2,1-3H3. The molecule has 0 saturated carbocycles. The monoisotopic (exact) mass is 864 g/mol. The maximum absolute atomic E-state index is 4.52. The van der Waals surface area contributed by atoms with Crippen molar-refractivity contribution < 1.29 is 0 Å². The van der Waals surface area contributed by atoms with E-state index in [9.17, 15) is 0 Å². The molecule has 0 radical (unpaired) electrons. The summed E-state index contributed by atoms with van der Waals surface area (Å²) in [6.45, 7) is 45.6. The Morgan fingerprint density at radius 3 is 1.05 bits per heavy atom. The Labute approximate surface area is 373 Å². The third-order valence-corrected chi connectivity index (χ3v) is 11.3. The van der Waals surface area contributed by atoms with Gasteiger partial charge in [0.25, 0.3) is 0 Å². The van der Waals surface area contributed by atoms with Crippen molar-refractivity contribution in [2.75, 3.05) is 0 Å². The second-order valence-corrected chi connectivity index (χ2v) is 24.2. The summed E-state index contributed by atoms with van der Waals surface area (Å²) in [6, 6.07) is 0. The highest BCUT2D eigenvalue weighted by Gasteiger charge is 2.20. The van der Waals surface area contributed by atoms with Gasteiger partial charge in [0.05, 0.1) is 38.3 Å². The lowest BCUT2D eigenvalue weighted by Gasteiger charge is -2.16. The Kier molecular flexibility index (Phi) is 20.7. The fourth-order valence-electron chi connectivity index (χ4n) is 4.78. The number of thiazole rings is 3. The van der Waals surface area contributed by atoms with Gasteiger partial charge >= 0.3 is 0 Å². The van der Waals surface area contributed by atoms with Crippen LogP contribution in [0.15, 0.2) is 62.1 Å². The summed E-state index contributed by atoms with van der Waals surface area (Å²) in [5, 5.41) is 14.1. The third-order valence-electron chi connectivity index (χ3n) is 8.80. The summed E-state index contributed by atoms with van der Waals surface area (Å²) >= 11 is 5.21. The Morgan fingerprint density at radius 1 is 0.525 bits per heavy atom. The van der Waals surface area contributed by atoms with Crippen LogP contribution in [0.2, 0.25) is 0 Å². The number of hydrogen-bond donors (Lipinski definition) is 0. The number of hydrogen-bond acceptors (Lipinski definition) is 9. The molecule has 2 aliphatic rings. The van der Waals surface area contributed by atoms with Gasteiger partial charge in [0.1, 0.15) is 0 Å². The lowest BCUT2D eigenvalue weighted by Crippen LogP contribution is -2.11. The van der Waals surface area contributed by atoms with Crippen LogP contribution < -0.4 is 0 Å². The zero-order valence-corrected chi connectivity index (χ0v) is 43.6. The van der Waals surface area contributed by atoms with Crippen LogP contribution in [0.1, 0.15) is 182 Å². The highest BCUT2D eigenvalue weighted by Crippen LogP contribution is 2.29. The molecule has 4 aromatic heterocycles. The van der Waals surface area contributed by atoms with Gasteiger partial charge < -0.3 is 0 Å². The lowest BCUT2D eigenvalue weighted by molar-refractivity contribution is 0.500. The molecule has 6 heterocycles. The molecule has 59 heavy (non-hydrogen) atoms. The van der Waals surface area contributed by atoms with Crippen LogP contribution in [0, 0.1) is 24.7 Å². The number of aryl methyl sites for hydroxylation is 4. The SMILES string of the molecule is CC(C)(C)C1=CCC=N1.CC(C)(C)C1=CCC=N1.CCc1nc(C(C)(C)C)cs1.Cc1nc(C(C)(C)C)cs1.Cc1nc(C(C)(C)C)cs1.Cn1cc(C(C)(C)C)cn1. The largest absolute Gasteiger partial charge is 0.276 e. The smallest absolute Gasteiger partial charge is 0.0925 e. The lowest BCUT2D eigenvalue weighted by atomic mass is 9.90. The van der Waals surface area contributed by atoms with Crippen LogP contribution in [-0.2, 0) is 35.1 Å². The van der Waals surface area contributed by atoms with Crippen LogP contribution in [0.5, 0.6) is 0 Å². The summed E-state index contributed by atoms with van der Waals surface area (Å²) in [7, 11) is 1.94. The number of allylic oxidation sites excluding steroid dienone is 4. The normalized spacial score (nSPS) is 13.9. The molecule has 0 spiro atoms. The molecule has 0 fully saturated rings. The predicted molar refractivity (Wildman–Crippen MR) is 264 cm³/mol. The molecule has 4 aromatic rings. The minimum Gasteiger partial charge on any atom is -0.276 e. The van der Waals surface area contributed by atoms with E-state index < -0.39 is 0 Å². The van der Waals surface area contributed by atoms with E-state index in [0.717, 1.165) is 29.3 Å². The van der Waals surface area contributed by atoms with E-state index in [0.29, 0.717) is 0 Å². The van der Waals surface area contributed by atoms with Gasteiger partial charge in [0.2, 0.25) is 0 Å². The summed E-state index contributed by atoms with van der Waals surface area (Å²) in [6.07, 6.45) is 15.3. The van der Waals surface area contributed by atoms with Crippen LogP contribution in [0.4, 0.5) is 0 Å². The van der Waals surface area contributed by atoms with Gasteiger partial charge in [-0.15, -0.1) is 34.0 Å². The molecule has 0 unspecified atom stereocenters. The van der Waals surface area contributed by atoms with E-state index in [1.165, 1.54) is 39.0 Å². The van der Waals surface area contributed by atoms with E-state index in [4.69, 9.17) is 0 Å². The van der Waals surface area contributed by atoms with E-state index in [1.807, 2.05) is 44.2 Å². The van der Waals surface area contributed by atoms with Crippen molar-refractivity contribution in [2.24, 2.45) is 27.9 Å². The molecule has 0 saturated heterocycles. The van der Waals surface area contributed by atoms with Crippen LogP contribution in [-0.4, -0.2) is 37.2 Å². The quantitative estimate of drug-likeness (QED) is 0.191. The average Bonchev–Trinajstić information content (AvgIpc) is 3.92. The summed E-state index contributed by atoms with van der Waals surface area (Å²) in [4.78, 5) is 21.8. The maximum atomic E-state index is 4.52. The van der Waals surface area contributed by atoms with E-state index in [1.54, 1.807) is 34.0 Å². The van der Waals surface area contributed by atoms with Crippen LogP contribution in [0.25, 0.3) is 0 Å². The fraction of sp³-hybridized carbons (Fsp3) is 0.633. The van der Waals surface area contributed by atoms with Gasteiger partial charge in [-0.3, -0.25) is 14.7 Å². The van der Waals surface area contributed by atoms with Gasteiger partial charge in [-0.05, 0) is 31.2 Å². The molecule has 0 N–H and O–H groups in total. The van der Waals surface area contributed by atoms with Crippen molar-refractivity contribution in [2.45, 2.75) is 186 Å². The van der Waals surface area contributed by atoms with Gasteiger partial charge in [-0.1, -0.05) is 144 Å². The predicted octanol–water partition coefficient (Wildman–Crippen LogP) is 15.0. The average molecular weight is 864 g/mol. The minimum absolute atomic E-state index is 0.212. The zero-order chi connectivity index (χ0) is 45.6. The first-order chi connectivity index (χ1) is 26.7. The minimum atomic E-state index is 0.212. The number of nitrogens with zero attached hydrogens (tertiary/aromatic N) is 7. The summed E-state index contributed by atoms with van der Waals surface area (Å²) in [5.74, 6) is 0. The van der Waals surface area contributed by atoms with Gasteiger partial charge in [0, 0.05) is 93.1 Å². The van der Waals surface area contributed by atoms with Crippen molar-refractivity contribution >= 4 is 46.4 Å². The molecule has 2 aliphatic heterocycles. The van der Waals surface area contributed by atoms with Crippen LogP contribution in [0.3, 0.4) is 0 Å². The Bertz CT molecular complexity index is 1780. The van der Waals surface area contributed by atoms with Gasteiger partial charge in [0.15, 0.2) is 0 Å². The molecule has 6 rings (SSSR count). The summed E-state index contributed by atoms with van der Waals surface area (Å²) in [5.41, 5.74) is 8.72. The summed E-state index contributed by atoms with van der Waals surface area (Å²) < 4.78 is 1.83. The highest BCUT2D eigenvalue weighted by atomic mass is 32.1. The Morgan fingerprint density at radius 2 is 0.898 bits per heavy atom. The molecule has 0 amide bonds. The fourth-order valence-corrected chi connectivity index (χ4v) is 7.43. The maximum Gasteiger partial charge on any atom is 0.0925 e. The molecule has 330 valence electrons. The van der Waals surface area contributed by atoms with E-state index in [2.05, 4.69) is 196 Å². The Hall–Kier alpha value is -3.08. The van der Waals surface area contributed by atoms with Crippen molar-refractivity contribution in [3.63, 3.8) is 0 Å². The van der Waals surface area contributed by atoms with Crippen molar-refractivity contribution in [3.05, 3.63) is 89.7 Å². The van der Waals surface area contributed by atoms with Crippen molar-refractivity contribution in [3.8, 4) is 0 Å². The first kappa shape index (κ1) is 53.9. The van der Waals surface area contributed by atoms with Crippen LogP contribution >= 0.6 is 34.0 Å². The molecular weight excluding hydrogens is 783 g/mol. The van der Waals surface area contributed by atoms with Crippen molar-refractivity contribution in [1.82, 2.24) is 24.7 Å². The second-order valence-electron chi connectivity index (χ2n) is 21.2. The molecule has 0 aliphatic carbocycles. The zero-order valence-electron chi connectivity index (χ0n) is 41.2. The highest BCUT2D eigenvalue weighted by molar-refractivity contribution is 7.10. The van der Waals surface area contributed by atoms with E-state index in [-0.39, 0.29) is 32.5 Å². The molecule has 10 heteroatoms. The molecular formula is C49H81N7S3. The second kappa shape index (κ2) is 22.7. The molecule has 0 bridgehead atoms. The number of aliphatic imine (C=N–C) groups is 2. The third kappa shape index (κ3) is 21.3. The molecule has 0 aromatic carbocycles. The van der Waals surface area contributed by atoms with Crippen molar-refractivity contribution in [1.29, 1.82) is 0 Å².